The summed E-state index contributed by atoms with van der Waals surface area (Å²) in [4.78, 5) is 17.2. The summed E-state index contributed by atoms with van der Waals surface area (Å²) in [5.74, 6) is 2.18. The van der Waals surface area contributed by atoms with E-state index < -0.39 is 0 Å². The summed E-state index contributed by atoms with van der Waals surface area (Å²) in [5, 5.41) is 2.66. The van der Waals surface area contributed by atoms with Crippen molar-refractivity contribution < 1.29 is 19.0 Å². The van der Waals surface area contributed by atoms with E-state index in [-0.39, 0.29) is 12.5 Å². The number of hydrogen-bond donors (Lipinski definition) is 0. The molecule has 6 nitrogen and oxygen atoms in total. The van der Waals surface area contributed by atoms with Crippen molar-refractivity contribution in [1.29, 1.82) is 0 Å². The Morgan fingerprint density at radius 3 is 2.58 bits per heavy atom. The maximum Gasteiger partial charge on any atom is 0.253 e. The van der Waals surface area contributed by atoms with E-state index in [1.807, 2.05) is 29.2 Å². The lowest BCUT2D eigenvalue weighted by Gasteiger charge is -2.32. The molecule has 0 unspecified atom stereocenters. The Kier molecular flexibility index (Phi) is 7.61. The average molecular weight is 513 g/mol. The molecule has 1 amide bonds. The van der Waals surface area contributed by atoms with Crippen LogP contribution in [-0.2, 0) is 9.53 Å². The number of likely N-dealkylation sites (tertiary alicyclic amines) is 1. The summed E-state index contributed by atoms with van der Waals surface area (Å²) >= 11 is 0. The first-order chi connectivity index (χ1) is 18.7. The quantitative estimate of drug-likeness (QED) is 0.411. The molecule has 0 aromatic heterocycles. The lowest BCUT2D eigenvalue weighted by molar-refractivity contribution is -0.131. The van der Waals surface area contributed by atoms with Crippen LogP contribution in [0.3, 0.4) is 0 Å². The van der Waals surface area contributed by atoms with E-state index in [9.17, 15) is 4.79 Å². The second-order valence-corrected chi connectivity index (χ2v) is 10.5. The maximum atomic E-state index is 12.8. The maximum absolute atomic E-state index is 12.8. The van der Waals surface area contributed by atoms with Crippen LogP contribution in [0.5, 0.6) is 11.5 Å². The molecular formula is C32H36N2O4. The number of amides is 1. The van der Waals surface area contributed by atoms with Crippen molar-refractivity contribution in [3.8, 4) is 11.5 Å². The molecule has 0 radical (unpaired) electrons. The Balaban J connectivity index is 0.977. The van der Waals surface area contributed by atoms with Gasteiger partial charge in [-0.15, -0.1) is 0 Å². The fourth-order valence-electron chi connectivity index (χ4n) is 5.81. The van der Waals surface area contributed by atoms with Gasteiger partial charge in [0.05, 0.1) is 25.4 Å². The topological polar surface area (TPSA) is 51.2 Å². The molecule has 3 aromatic carbocycles. The Hall–Kier alpha value is -3.35. The van der Waals surface area contributed by atoms with Crippen LogP contribution in [0.1, 0.15) is 36.3 Å². The smallest absolute Gasteiger partial charge is 0.253 e. The van der Waals surface area contributed by atoms with E-state index in [0.717, 1.165) is 43.1 Å². The number of morpholine rings is 1. The standard InChI is InChI=1S/C32H36N2O4/c35-32(34-16-19-36-20-17-34)29-22-28-7-3-8-30(31(28)38-23-29)37-18-4-13-33-14-11-25(12-15-33)27-10-9-24-5-1-2-6-26(24)21-27/h1-3,5-10,21-22,25H,4,11-20,23H2. The minimum absolute atomic E-state index is 0.0367. The molecule has 0 atom stereocenters. The zero-order valence-electron chi connectivity index (χ0n) is 21.9. The monoisotopic (exact) mass is 512 g/mol. The molecule has 0 aliphatic carbocycles. The third-order valence-corrected chi connectivity index (χ3v) is 7.99. The molecule has 38 heavy (non-hydrogen) atoms. The van der Waals surface area contributed by atoms with Crippen molar-refractivity contribution in [2.24, 2.45) is 0 Å². The van der Waals surface area contributed by atoms with Gasteiger partial charge in [-0.05, 0) is 66.7 Å². The molecule has 2 fully saturated rings. The van der Waals surface area contributed by atoms with Gasteiger partial charge < -0.3 is 24.0 Å². The molecule has 0 N–H and O–H groups in total. The normalized spacial score (nSPS) is 18.5. The first-order valence-corrected chi connectivity index (χ1v) is 13.9. The number of rotatable bonds is 7. The summed E-state index contributed by atoms with van der Waals surface area (Å²) in [6.07, 6.45) is 5.33. The number of carbonyl (C=O) groups excluding carboxylic acids is 1. The lowest BCUT2D eigenvalue weighted by Crippen LogP contribution is -2.42. The van der Waals surface area contributed by atoms with Gasteiger partial charge in [0.2, 0.25) is 0 Å². The molecule has 3 aliphatic heterocycles. The van der Waals surface area contributed by atoms with E-state index in [4.69, 9.17) is 14.2 Å². The average Bonchev–Trinajstić information content (AvgIpc) is 2.99. The van der Waals surface area contributed by atoms with Gasteiger partial charge in [0.15, 0.2) is 11.5 Å². The Labute approximate surface area is 224 Å². The first-order valence-electron chi connectivity index (χ1n) is 13.9. The highest BCUT2D eigenvalue weighted by molar-refractivity contribution is 5.99. The number of piperidine rings is 1. The molecule has 3 heterocycles. The van der Waals surface area contributed by atoms with E-state index in [1.54, 1.807) is 0 Å². The molecule has 3 aromatic rings. The van der Waals surface area contributed by atoms with E-state index in [0.29, 0.717) is 44.4 Å². The van der Waals surface area contributed by atoms with Crippen molar-refractivity contribution in [1.82, 2.24) is 9.80 Å². The minimum atomic E-state index is 0.0367. The third kappa shape index (κ3) is 5.57. The molecule has 198 valence electrons. The number of fused-ring (bicyclic) bond motifs is 2. The van der Waals surface area contributed by atoms with Crippen LogP contribution in [-0.4, -0.2) is 74.9 Å². The number of ether oxygens (including phenoxy) is 3. The van der Waals surface area contributed by atoms with E-state index in [2.05, 4.69) is 47.4 Å². The van der Waals surface area contributed by atoms with Crippen molar-refractivity contribution in [2.75, 3.05) is 59.2 Å². The SMILES string of the molecule is O=C(C1=Cc2cccc(OCCCN3CCC(c4ccc5ccccc5c4)CC3)c2OC1)N1CCOCC1. The van der Waals surface area contributed by atoms with Gasteiger partial charge in [0.1, 0.15) is 6.61 Å². The predicted molar refractivity (Wildman–Crippen MR) is 150 cm³/mol. The van der Waals surface area contributed by atoms with Crippen LogP contribution < -0.4 is 9.47 Å². The summed E-state index contributed by atoms with van der Waals surface area (Å²) in [5.41, 5.74) is 3.06. The minimum Gasteiger partial charge on any atom is -0.490 e. The zero-order valence-corrected chi connectivity index (χ0v) is 21.9. The van der Waals surface area contributed by atoms with Crippen LogP contribution >= 0.6 is 0 Å². The van der Waals surface area contributed by atoms with Gasteiger partial charge >= 0.3 is 0 Å². The zero-order chi connectivity index (χ0) is 25.7. The van der Waals surface area contributed by atoms with Gasteiger partial charge in [0.25, 0.3) is 5.91 Å². The van der Waals surface area contributed by atoms with Crippen LogP contribution in [0.15, 0.2) is 66.2 Å². The third-order valence-electron chi connectivity index (χ3n) is 7.99. The summed E-state index contributed by atoms with van der Waals surface area (Å²) < 4.78 is 17.5. The van der Waals surface area contributed by atoms with Crippen molar-refractivity contribution in [3.05, 3.63) is 77.4 Å². The molecule has 2 saturated heterocycles. The highest BCUT2D eigenvalue weighted by atomic mass is 16.5. The van der Waals surface area contributed by atoms with Crippen molar-refractivity contribution >= 4 is 22.8 Å². The molecule has 6 heteroatoms. The molecule has 3 aliphatic rings. The van der Waals surface area contributed by atoms with Gasteiger partial charge in [-0.25, -0.2) is 0 Å². The van der Waals surface area contributed by atoms with Gasteiger partial charge in [-0.2, -0.15) is 0 Å². The second kappa shape index (κ2) is 11.6. The van der Waals surface area contributed by atoms with Crippen LogP contribution in [0.2, 0.25) is 0 Å². The first kappa shape index (κ1) is 25.0. The number of hydrogen-bond acceptors (Lipinski definition) is 5. The Bertz CT molecular complexity index is 1310. The highest BCUT2D eigenvalue weighted by Crippen LogP contribution is 2.36. The molecular weight excluding hydrogens is 476 g/mol. The number of benzene rings is 3. The molecule has 0 spiro atoms. The number of carbonyl (C=O) groups is 1. The largest absolute Gasteiger partial charge is 0.490 e. The van der Waals surface area contributed by atoms with E-state index in [1.165, 1.54) is 29.2 Å². The van der Waals surface area contributed by atoms with Crippen LogP contribution in [0.25, 0.3) is 16.8 Å². The van der Waals surface area contributed by atoms with Gasteiger partial charge in [-0.1, -0.05) is 54.6 Å². The number of nitrogens with zero attached hydrogens (tertiary/aromatic N) is 2. The summed E-state index contributed by atoms with van der Waals surface area (Å²) in [7, 11) is 0. The molecule has 0 saturated carbocycles. The fourth-order valence-corrected chi connectivity index (χ4v) is 5.81. The Morgan fingerprint density at radius 1 is 0.921 bits per heavy atom. The Morgan fingerprint density at radius 2 is 1.74 bits per heavy atom. The van der Waals surface area contributed by atoms with Gasteiger partial charge in [-0.3, -0.25) is 4.79 Å². The lowest BCUT2D eigenvalue weighted by atomic mass is 9.88. The molecule has 0 bridgehead atoms. The number of para-hydroxylation sites is 1. The van der Waals surface area contributed by atoms with Crippen molar-refractivity contribution in [2.45, 2.75) is 25.2 Å². The summed E-state index contributed by atoms with van der Waals surface area (Å²) in [6, 6.07) is 21.5. The van der Waals surface area contributed by atoms with E-state index >= 15 is 0 Å². The molecule has 6 rings (SSSR count). The van der Waals surface area contributed by atoms with Crippen LogP contribution in [0, 0.1) is 0 Å². The van der Waals surface area contributed by atoms with Crippen molar-refractivity contribution in [3.63, 3.8) is 0 Å². The summed E-state index contributed by atoms with van der Waals surface area (Å²) in [6.45, 7) is 6.68. The highest BCUT2D eigenvalue weighted by Gasteiger charge is 2.25. The van der Waals surface area contributed by atoms with Gasteiger partial charge in [0, 0.05) is 25.2 Å². The van der Waals surface area contributed by atoms with Crippen LogP contribution in [0.4, 0.5) is 0 Å². The second-order valence-electron chi connectivity index (χ2n) is 10.5. The fraction of sp³-hybridized carbons (Fsp3) is 0.406. The predicted octanol–water partition coefficient (Wildman–Crippen LogP) is 5.12.